The van der Waals surface area contributed by atoms with E-state index in [1.54, 1.807) is 24.3 Å². The Morgan fingerprint density at radius 1 is 1.18 bits per heavy atom. The fourth-order valence-electron chi connectivity index (χ4n) is 2.93. The van der Waals surface area contributed by atoms with E-state index in [9.17, 15) is 28.2 Å². The third-order valence-corrected chi connectivity index (χ3v) is 5.31. The number of rotatable bonds is 10. The Morgan fingerprint density at radius 2 is 1.85 bits per heavy atom. The summed E-state index contributed by atoms with van der Waals surface area (Å²) >= 11 is 11.8. The van der Waals surface area contributed by atoms with Crippen molar-refractivity contribution in [3.05, 3.63) is 69.8 Å². The zero-order chi connectivity index (χ0) is 25.3. The standard InChI is InChI=1S/C22H23Cl2F3N4O3/c1-28-21(22(25,26)27)18(24)19(20(34)13-5-3-2-4-6-13)31-12-17(33)30-10-9-29-14-7-8-15(23)16(32)11-14/h2-8,11,20,29,31-32,34H,9-10,12H2,1H3,(H,30,33)/p+1. The summed E-state index contributed by atoms with van der Waals surface area (Å²) in [6.07, 6.45) is -6.34. The molecule has 1 unspecified atom stereocenters. The van der Waals surface area contributed by atoms with Crippen molar-refractivity contribution in [1.82, 2.24) is 5.32 Å². The molecule has 184 valence electrons. The van der Waals surface area contributed by atoms with Gasteiger partial charge in [-0.05, 0) is 17.7 Å². The molecule has 0 radical (unpaired) electrons. The molecular formula is C22H24Cl2F3N4O3+. The van der Waals surface area contributed by atoms with E-state index in [1.165, 1.54) is 24.3 Å². The number of nitrogens with one attached hydrogen (secondary N) is 2. The number of anilines is 1. The summed E-state index contributed by atoms with van der Waals surface area (Å²) in [6.45, 7) is 0.171. The molecule has 34 heavy (non-hydrogen) atoms. The number of alkyl halides is 3. The summed E-state index contributed by atoms with van der Waals surface area (Å²) in [7, 11) is 0.942. The van der Waals surface area contributed by atoms with Crippen LogP contribution in [0.1, 0.15) is 11.7 Å². The van der Waals surface area contributed by atoms with Crippen LogP contribution >= 0.6 is 23.2 Å². The lowest BCUT2D eigenvalue weighted by atomic mass is 10.0. The van der Waals surface area contributed by atoms with Crippen molar-refractivity contribution < 1.29 is 33.5 Å². The van der Waals surface area contributed by atoms with Gasteiger partial charge in [-0.25, -0.2) is 0 Å². The van der Waals surface area contributed by atoms with E-state index in [4.69, 9.17) is 23.2 Å². The number of aromatic hydroxyl groups is 1. The van der Waals surface area contributed by atoms with Crippen LogP contribution in [-0.4, -0.2) is 54.7 Å². The van der Waals surface area contributed by atoms with Crippen LogP contribution in [0.25, 0.3) is 0 Å². The number of amides is 1. The van der Waals surface area contributed by atoms with Crippen LogP contribution in [-0.2, 0) is 4.79 Å². The van der Waals surface area contributed by atoms with Crippen LogP contribution in [0.2, 0.25) is 5.02 Å². The Kier molecular flexibility index (Phi) is 10.2. The molecule has 7 nitrogen and oxygen atoms in total. The minimum Gasteiger partial charge on any atom is -0.506 e. The van der Waals surface area contributed by atoms with Gasteiger partial charge in [0.25, 0.3) is 5.91 Å². The van der Waals surface area contributed by atoms with E-state index in [0.29, 0.717) is 17.8 Å². The number of nitrogens with zero attached hydrogens (tertiary/aromatic N) is 1. The maximum Gasteiger partial charge on any atom is 0.434 e. The lowest BCUT2D eigenvalue weighted by Gasteiger charge is -2.17. The predicted molar refractivity (Wildman–Crippen MR) is 125 cm³/mol. The molecule has 1 amide bonds. The fourth-order valence-corrected chi connectivity index (χ4v) is 3.42. The molecule has 0 aromatic heterocycles. The number of hydrogen-bond acceptors (Lipinski definition) is 5. The fraction of sp³-hybridized carbons (Fsp3) is 0.273. The molecule has 1 atom stereocenters. The van der Waals surface area contributed by atoms with E-state index >= 15 is 0 Å². The highest BCUT2D eigenvalue weighted by Gasteiger charge is 2.40. The molecule has 0 fully saturated rings. The Bertz CT molecular complexity index is 1050. The minimum atomic E-state index is -4.84. The van der Waals surface area contributed by atoms with Crippen LogP contribution < -0.4 is 16.0 Å². The molecule has 0 saturated carbocycles. The number of nitrogens with two attached hydrogens (primary N) is 1. The summed E-state index contributed by atoms with van der Waals surface area (Å²) in [5, 5.41) is 26.4. The predicted octanol–water partition coefficient (Wildman–Crippen LogP) is 2.95. The first-order chi connectivity index (χ1) is 16.0. The first-order valence-corrected chi connectivity index (χ1v) is 10.8. The number of phenols is 1. The second-order valence-corrected chi connectivity index (χ2v) is 7.79. The molecule has 2 rings (SSSR count). The number of aliphatic hydroxyl groups excluding tert-OH is 1. The smallest absolute Gasteiger partial charge is 0.434 e. The topological polar surface area (TPSA) is 111 Å². The Hall–Kier alpha value is -2.79. The maximum absolute atomic E-state index is 13.3. The van der Waals surface area contributed by atoms with Gasteiger partial charge in [-0.3, -0.25) is 9.79 Å². The van der Waals surface area contributed by atoms with Gasteiger partial charge in [0, 0.05) is 31.9 Å². The number of hydrogen-bond donors (Lipinski definition) is 5. The lowest BCUT2D eigenvalue weighted by molar-refractivity contribution is -0.603. The molecular weight excluding hydrogens is 496 g/mol. The number of halogens is 5. The van der Waals surface area contributed by atoms with Gasteiger partial charge in [0.15, 0.2) is 24.1 Å². The summed E-state index contributed by atoms with van der Waals surface area (Å²) < 4.78 is 40.0. The van der Waals surface area contributed by atoms with Crippen LogP contribution in [0, 0.1) is 0 Å². The van der Waals surface area contributed by atoms with Gasteiger partial charge in [-0.15, -0.1) is 0 Å². The highest BCUT2D eigenvalue weighted by molar-refractivity contribution is 6.44. The minimum absolute atomic E-state index is 0.0904. The molecule has 12 heteroatoms. The molecule has 0 saturated heterocycles. The number of allylic oxidation sites excluding steroid dienone is 1. The largest absolute Gasteiger partial charge is 0.506 e. The summed E-state index contributed by atoms with van der Waals surface area (Å²) in [5.41, 5.74) is -0.744. The number of aliphatic imine (C=N–C) groups is 1. The van der Waals surface area contributed by atoms with Crippen molar-refractivity contribution in [2.24, 2.45) is 4.99 Å². The van der Waals surface area contributed by atoms with Gasteiger partial charge in [-0.1, -0.05) is 53.5 Å². The normalized spacial score (nSPS) is 13.8. The van der Waals surface area contributed by atoms with Crippen molar-refractivity contribution in [3.8, 4) is 5.75 Å². The lowest BCUT2D eigenvalue weighted by Crippen LogP contribution is -2.86. The molecule has 2 aromatic carbocycles. The van der Waals surface area contributed by atoms with Gasteiger partial charge in [0.2, 0.25) is 0 Å². The van der Waals surface area contributed by atoms with Crippen molar-refractivity contribution in [1.29, 1.82) is 0 Å². The number of carbonyl (C=O) groups excluding carboxylic acids is 1. The first kappa shape index (κ1) is 27.5. The van der Waals surface area contributed by atoms with Gasteiger partial charge < -0.3 is 26.2 Å². The number of carbonyl (C=O) groups is 1. The Labute approximate surface area is 204 Å². The summed E-state index contributed by atoms with van der Waals surface area (Å²) in [4.78, 5) is 15.5. The number of aliphatic hydroxyl groups is 1. The Balaban J connectivity index is 2.04. The first-order valence-electron chi connectivity index (χ1n) is 10.0. The highest BCUT2D eigenvalue weighted by atomic mass is 35.5. The average molecular weight is 520 g/mol. The van der Waals surface area contributed by atoms with Crippen LogP contribution in [0.5, 0.6) is 5.75 Å². The van der Waals surface area contributed by atoms with E-state index in [0.717, 1.165) is 12.4 Å². The highest BCUT2D eigenvalue weighted by Crippen LogP contribution is 2.29. The summed E-state index contributed by atoms with van der Waals surface area (Å²) in [5.74, 6) is -0.586. The Morgan fingerprint density at radius 3 is 2.44 bits per heavy atom. The zero-order valence-electron chi connectivity index (χ0n) is 18.0. The SMILES string of the molecule is CN=C(C(Cl)=C([NH2+]CC(=O)NCCNc1ccc(Cl)c(O)c1)C(O)c1ccccc1)C(F)(F)F. The molecule has 0 aliphatic carbocycles. The van der Waals surface area contributed by atoms with Gasteiger partial charge >= 0.3 is 6.18 Å². The van der Waals surface area contributed by atoms with E-state index < -0.39 is 28.9 Å². The van der Waals surface area contributed by atoms with Crippen LogP contribution in [0.3, 0.4) is 0 Å². The molecule has 2 aromatic rings. The zero-order valence-corrected chi connectivity index (χ0v) is 19.5. The summed E-state index contributed by atoms with van der Waals surface area (Å²) in [6, 6.07) is 12.6. The molecule has 6 N–H and O–H groups in total. The van der Waals surface area contributed by atoms with Crippen molar-refractivity contribution in [2.75, 3.05) is 32.0 Å². The van der Waals surface area contributed by atoms with Gasteiger partial charge in [0.1, 0.15) is 10.8 Å². The third kappa shape index (κ3) is 7.91. The van der Waals surface area contributed by atoms with Gasteiger partial charge in [0.05, 0.1) is 5.02 Å². The molecule has 0 aliphatic heterocycles. The number of benzene rings is 2. The maximum atomic E-state index is 13.3. The average Bonchev–Trinajstić information content (AvgIpc) is 2.79. The van der Waals surface area contributed by atoms with Crippen molar-refractivity contribution >= 4 is 40.5 Å². The molecule has 0 spiro atoms. The molecule has 0 bridgehead atoms. The monoisotopic (exact) mass is 519 g/mol. The van der Waals surface area contributed by atoms with Crippen LogP contribution in [0.15, 0.2) is 64.3 Å². The molecule has 0 aliphatic rings. The third-order valence-electron chi connectivity index (χ3n) is 4.59. The second kappa shape index (κ2) is 12.6. The van der Waals surface area contributed by atoms with Crippen LogP contribution in [0.4, 0.5) is 18.9 Å². The van der Waals surface area contributed by atoms with Crippen molar-refractivity contribution in [2.45, 2.75) is 12.3 Å². The quantitative estimate of drug-likeness (QED) is 0.245. The number of phenolic OH excluding ortho intramolecular Hbond substituents is 1. The van der Waals surface area contributed by atoms with E-state index in [1.807, 2.05) is 0 Å². The number of quaternary nitrogens is 1. The van der Waals surface area contributed by atoms with Crippen molar-refractivity contribution in [3.63, 3.8) is 0 Å². The second-order valence-electron chi connectivity index (χ2n) is 7.00. The van der Waals surface area contributed by atoms with Gasteiger partial charge in [-0.2, -0.15) is 13.2 Å². The molecule has 0 heterocycles. The van der Waals surface area contributed by atoms with E-state index in [-0.39, 0.29) is 29.6 Å². The van der Waals surface area contributed by atoms with E-state index in [2.05, 4.69) is 15.6 Å².